The summed E-state index contributed by atoms with van der Waals surface area (Å²) >= 11 is 11.5. The second-order valence-corrected chi connectivity index (χ2v) is 5.00. The number of hydrogen-bond donors (Lipinski definition) is 4. The molecule has 2 rings (SSSR count). The predicted octanol–water partition coefficient (Wildman–Crippen LogP) is 1.68. The molecule has 0 spiro atoms. The average molecular weight is 317 g/mol. The molecule has 6 nitrogen and oxygen atoms in total. The standard InChI is InChI=1S/C12H10Cl2N2O4/c1-4-6(11(19)16-12(20)15-4)2-5-3-7(13)10(18)8(14)9(5)17/h3,17-18H,2H2,1H3,(H2,15,16,19,20). The monoisotopic (exact) mass is 316 g/mol. The number of hydrogen-bond acceptors (Lipinski definition) is 4. The molecule has 0 aliphatic carbocycles. The van der Waals surface area contributed by atoms with E-state index in [-0.39, 0.29) is 33.3 Å². The van der Waals surface area contributed by atoms with Crippen molar-refractivity contribution in [1.82, 2.24) is 9.97 Å². The molecule has 4 N–H and O–H groups in total. The number of benzene rings is 1. The Morgan fingerprint density at radius 3 is 2.40 bits per heavy atom. The van der Waals surface area contributed by atoms with Gasteiger partial charge in [0.05, 0.1) is 5.02 Å². The van der Waals surface area contributed by atoms with Crippen LogP contribution in [0.15, 0.2) is 15.7 Å². The number of phenols is 2. The molecule has 0 aliphatic heterocycles. The van der Waals surface area contributed by atoms with E-state index < -0.39 is 17.0 Å². The summed E-state index contributed by atoms with van der Waals surface area (Å²) in [4.78, 5) is 27.4. The van der Waals surface area contributed by atoms with Crippen LogP contribution in [0.1, 0.15) is 16.8 Å². The normalized spacial score (nSPS) is 10.8. The second-order valence-electron chi connectivity index (χ2n) is 4.22. The fraction of sp³-hybridized carbons (Fsp3) is 0.167. The van der Waals surface area contributed by atoms with Crippen LogP contribution in [0.5, 0.6) is 11.5 Å². The minimum Gasteiger partial charge on any atom is -0.506 e. The summed E-state index contributed by atoms with van der Waals surface area (Å²) in [5, 5.41) is 19.0. The Hall–Kier alpha value is -1.92. The largest absolute Gasteiger partial charge is 0.506 e. The van der Waals surface area contributed by atoms with E-state index in [0.29, 0.717) is 5.69 Å². The van der Waals surface area contributed by atoms with E-state index in [0.717, 1.165) is 0 Å². The van der Waals surface area contributed by atoms with E-state index in [4.69, 9.17) is 23.2 Å². The summed E-state index contributed by atoms with van der Waals surface area (Å²) in [5.74, 6) is -0.791. The van der Waals surface area contributed by atoms with Crippen molar-refractivity contribution in [2.24, 2.45) is 0 Å². The molecule has 0 saturated carbocycles. The molecule has 0 bridgehead atoms. The molecule has 1 aromatic carbocycles. The first kappa shape index (κ1) is 14.5. The maximum Gasteiger partial charge on any atom is 0.325 e. The van der Waals surface area contributed by atoms with Gasteiger partial charge in [-0.15, -0.1) is 0 Å². The van der Waals surface area contributed by atoms with E-state index in [1.54, 1.807) is 6.92 Å². The highest BCUT2D eigenvalue weighted by atomic mass is 35.5. The van der Waals surface area contributed by atoms with Crippen molar-refractivity contribution >= 4 is 23.2 Å². The maximum atomic E-state index is 11.7. The summed E-state index contributed by atoms with van der Waals surface area (Å²) in [6, 6.07) is 1.31. The molecule has 1 heterocycles. The van der Waals surface area contributed by atoms with Crippen LogP contribution >= 0.6 is 23.2 Å². The Kier molecular flexibility index (Phi) is 3.78. The van der Waals surface area contributed by atoms with Crippen molar-refractivity contribution in [3.63, 3.8) is 0 Å². The fourth-order valence-corrected chi connectivity index (χ4v) is 2.31. The molecule has 1 aromatic heterocycles. The van der Waals surface area contributed by atoms with E-state index in [9.17, 15) is 19.8 Å². The SMILES string of the molecule is Cc1[nH]c(=O)[nH]c(=O)c1Cc1cc(Cl)c(O)c(Cl)c1O. The first-order valence-electron chi connectivity index (χ1n) is 5.52. The zero-order chi connectivity index (χ0) is 15.0. The Morgan fingerprint density at radius 2 is 1.80 bits per heavy atom. The molecular formula is C12H10Cl2N2O4. The van der Waals surface area contributed by atoms with Crippen molar-refractivity contribution in [2.45, 2.75) is 13.3 Å². The Balaban J connectivity index is 2.57. The molecule has 8 heteroatoms. The zero-order valence-corrected chi connectivity index (χ0v) is 11.8. The lowest BCUT2D eigenvalue weighted by molar-refractivity contribution is 0.447. The minimum atomic E-state index is -0.609. The van der Waals surface area contributed by atoms with Crippen molar-refractivity contribution in [3.8, 4) is 11.5 Å². The van der Waals surface area contributed by atoms with Crippen molar-refractivity contribution < 1.29 is 10.2 Å². The van der Waals surface area contributed by atoms with Crippen molar-refractivity contribution in [3.05, 3.63) is 53.8 Å². The number of aromatic amines is 2. The Bertz CT molecular complexity index is 795. The smallest absolute Gasteiger partial charge is 0.325 e. The minimum absolute atomic E-state index is 0.00347. The molecule has 106 valence electrons. The van der Waals surface area contributed by atoms with Gasteiger partial charge in [0.2, 0.25) is 0 Å². The van der Waals surface area contributed by atoms with E-state index in [2.05, 4.69) is 9.97 Å². The molecular weight excluding hydrogens is 307 g/mol. The molecule has 0 aliphatic rings. The van der Waals surface area contributed by atoms with Crippen LogP contribution in [-0.4, -0.2) is 20.2 Å². The Labute approximate surface area is 122 Å². The number of aromatic nitrogens is 2. The van der Waals surface area contributed by atoms with Crippen molar-refractivity contribution in [1.29, 1.82) is 0 Å². The average Bonchev–Trinajstić information content (AvgIpc) is 2.37. The van der Waals surface area contributed by atoms with Gasteiger partial charge in [-0.05, 0) is 13.0 Å². The summed E-state index contributed by atoms with van der Waals surface area (Å²) in [6.45, 7) is 1.56. The third kappa shape index (κ3) is 2.52. The van der Waals surface area contributed by atoms with Gasteiger partial charge in [-0.25, -0.2) is 4.79 Å². The predicted molar refractivity (Wildman–Crippen MR) is 75.0 cm³/mol. The van der Waals surface area contributed by atoms with Gasteiger partial charge in [-0.1, -0.05) is 23.2 Å². The van der Waals surface area contributed by atoms with Crippen LogP contribution in [0.25, 0.3) is 0 Å². The highest BCUT2D eigenvalue weighted by molar-refractivity contribution is 6.38. The second kappa shape index (κ2) is 5.22. The quantitative estimate of drug-likeness (QED) is 0.676. The molecule has 0 amide bonds. The first-order valence-corrected chi connectivity index (χ1v) is 6.27. The van der Waals surface area contributed by atoms with Gasteiger partial charge in [0, 0.05) is 23.2 Å². The fourth-order valence-electron chi connectivity index (χ4n) is 1.81. The van der Waals surface area contributed by atoms with Gasteiger partial charge in [-0.3, -0.25) is 9.78 Å². The van der Waals surface area contributed by atoms with Crippen LogP contribution in [0, 0.1) is 6.92 Å². The number of rotatable bonds is 2. The molecule has 0 saturated heterocycles. The molecule has 0 radical (unpaired) electrons. The van der Waals surface area contributed by atoms with Gasteiger partial charge in [-0.2, -0.15) is 0 Å². The topological polar surface area (TPSA) is 106 Å². The number of aryl methyl sites for hydroxylation is 1. The maximum absolute atomic E-state index is 11.7. The van der Waals surface area contributed by atoms with Gasteiger partial charge in [0.25, 0.3) is 5.56 Å². The van der Waals surface area contributed by atoms with E-state index >= 15 is 0 Å². The van der Waals surface area contributed by atoms with Crippen LogP contribution in [0.2, 0.25) is 10.0 Å². The van der Waals surface area contributed by atoms with Gasteiger partial charge >= 0.3 is 5.69 Å². The number of aromatic hydroxyl groups is 2. The highest BCUT2D eigenvalue weighted by Gasteiger charge is 2.17. The van der Waals surface area contributed by atoms with Crippen LogP contribution in [-0.2, 0) is 6.42 Å². The highest BCUT2D eigenvalue weighted by Crippen LogP contribution is 2.41. The summed E-state index contributed by atoms with van der Waals surface area (Å²) in [6.07, 6.45) is 0.00347. The van der Waals surface area contributed by atoms with Crippen molar-refractivity contribution in [2.75, 3.05) is 0 Å². The summed E-state index contributed by atoms with van der Waals surface area (Å²) in [7, 11) is 0. The number of phenolic OH excluding ortho intramolecular Hbond substituents is 2. The first-order chi connectivity index (χ1) is 9.31. The third-order valence-electron chi connectivity index (χ3n) is 2.87. The molecule has 0 unspecified atom stereocenters. The van der Waals surface area contributed by atoms with Gasteiger partial charge < -0.3 is 15.2 Å². The van der Waals surface area contributed by atoms with Crippen LogP contribution < -0.4 is 11.2 Å². The lowest BCUT2D eigenvalue weighted by Gasteiger charge is -2.10. The summed E-state index contributed by atoms with van der Waals surface area (Å²) < 4.78 is 0. The van der Waals surface area contributed by atoms with Crippen LogP contribution in [0.4, 0.5) is 0 Å². The van der Waals surface area contributed by atoms with Gasteiger partial charge in [0.15, 0.2) is 5.75 Å². The van der Waals surface area contributed by atoms with Gasteiger partial charge in [0.1, 0.15) is 10.8 Å². The van der Waals surface area contributed by atoms with E-state index in [1.165, 1.54) is 6.07 Å². The number of nitrogens with one attached hydrogen (secondary N) is 2. The molecule has 2 aromatic rings. The summed E-state index contributed by atoms with van der Waals surface area (Å²) in [5.41, 5.74) is -0.275. The van der Waals surface area contributed by atoms with Crippen LogP contribution in [0.3, 0.4) is 0 Å². The Morgan fingerprint density at radius 1 is 1.15 bits per heavy atom. The molecule has 0 fully saturated rings. The molecule has 20 heavy (non-hydrogen) atoms. The van der Waals surface area contributed by atoms with E-state index in [1.807, 2.05) is 0 Å². The lowest BCUT2D eigenvalue weighted by atomic mass is 10.0. The number of halogens is 2. The third-order valence-corrected chi connectivity index (χ3v) is 3.52. The molecule has 0 atom stereocenters. The lowest BCUT2D eigenvalue weighted by Crippen LogP contribution is -2.27. The number of H-pyrrole nitrogens is 2. The zero-order valence-electron chi connectivity index (χ0n) is 10.3.